The smallest absolute Gasteiger partial charge is 0.255 e. The molecule has 0 spiro atoms. The lowest BCUT2D eigenvalue weighted by Crippen LogP contribution is -2.13. The van der Waals surface area contributed by atoms with Gasteiger partial charge in [0.05, 0.1) is 36.3 Å². The van der Waals surface area contributed by atoms with Crippen molar-refractivity contribution in [1.82, 2.24) is 10.2 Å². The van der Waals surface area contributed by atoms with E-state index in [4.69, 9.17) is 21.1 Å². The highest BCUT2D eigenvalue weighted by molar-refractivity contribution is 6.32. The number of hydrogen-bond acceptors (Lipinski definition) is 4. The van der Waals surface area contributed by atoms with Crippen LogP contribution < -0.4 is 14.8 Å². The maximum Gasteiger partial charge on any atom is 0.255 e. The van der Waals surface area contributed by atoms with Gasteiger partial charge in [-0.05, 0) is 26.0 Å². The average molecular weight is 310 g/mol. The monoisotopic (exact) mass is 309 g/mol. The van der Waals surface area contributed by atoms with Crippen molar-refractivity contribution >= 4 is 23.2 Å². The van der Waals surface area contributed by atoms with E-state index in [0.717, 1.165) is 5.69 Å². The first-order valence-electron chi connectivity index (χ1n) is 6.22. The van der Waals surface area contributed by atoms with E-state index in [2.05, 4.69) is 15.5 Å². The third kappa shape index (κ3) is 2.95. The van der Waals surface area contributed by atoms with Gasteiger partial charge in [-0.15, -0.1) is 0 Å². The minimum Gasteiger partial charge on any atom is -0.493 e. The number of aromatic amines is 1. The second-order valence-corrected chi connectivity index (χ2v) is 4.86. The Labute approximate surface area is 127 Å². The molecule has 2 N–H and O–H groups in total. The highest BCUT2D eigenvalue weighted by Crippen LogP contribution is 2.36. The summed E-state index contributed by atoms with van der Waals surface area (Å²) < 4.78 is 10.3. The molecular weight excluding hydrogens is 294 g/mol. The fourth-order valence-electron chi connectivity index (χ4n) is 1.97. The van der Waals surface area contributed by atoms with Gasteiger partial charge in [-0.2, -0.15) is 5.10 Å². The topological polar surface area (TPSA) is 76.2 Å². The van der Waals surface area contributed by atoms with Crippen molar-refractivity contribution in [1.29, 1.82) is 0 Å². The van der Waals surface area contributed by atoms with Crippen LogP contribution in [0.15, 0.2) is 12.1 Å². The SMILES string of the molecule is COc1cc(C(=O)Nc2c(C)n[nH]c2C)cc(Cl)c1OC. The number of amides is 1. The second kappa shape index (κ2) is 6.05. The van der Waals surface area contributed by atoms with Gasteiger partial charge >= 0.3 is 0 Å². The molecule has 2 rings (SSSR count). The van der Waals surface area contributed by atoms with Crippen LogP contribution in [-0.4, -0.2) is 30.3 Å². The van der Waals surface area contributed by atoms with Gasteiger partial charge in [0.25, 0.3) is 5.91 Å². The molecule has 2 aromatic rings. The Morgan fingerprint density at radius 3 is 2.52 bits per heavy atom. The molecule has 0 fully saturated rings. The van der Waals surface area contributed by atoms with Crippen LogP contribution in [-0.2, 0) is 0 Å². The van der Waals surface area contributed by atoms with E-state index in [-0.39, 0.29) is 5.91 Å². The Morgan fingerprint density at radius 2 is 2.00 bits per heavy atom. The summed E-state index contributed by atoms with van der Waals surface area (Å²) in [5.74, 6) is 0.493. The van der Waals surface area contributed by atoms with E-state index in [0.29, 0.717) is 33.5 Å². The number of methoxy groups -OCH3 is 2. The number of hydrogen-bond donors (Lipinski definition) is 2. The maximum atomic E-state index is 12.3. The van der Waals surface area contributed by atoms with Crippen LogP contribution in [0.1, 0.15) is 21.7 Å². The van der Waals surface area contributed by atoms with Crippen molar-refractivity contribution in [3.8, 4) is 11.5 Å². The van der Waals surface area contributed by atoms with Gasteiger partial charge in [-0.3, -0.25) is 9.89 Å². The van der Waals surface area contributed by atoms with E-state index in [1.165, 1.54) is 20.3 Å². The molecule has 0 unspecified atom stereocenters. The first-order valence-corrected chi connectivity index (χ1v) is 6.60. The van der Waals surface area contributed by atoms with Gasteiger partial charge in [-0.25, -0.2) is 0 Å². The number of halogens is 1. The lowest BCUT2D eigenvalue weighted by molar-refractivity contribution is 0.102. The Hall–Kier alpha value is -2.21. The van der Waals surface area contributed by atoms with Crippen molar-refractivity contribution in [3.05, 3.63) is 34.1 Å². The number of carbonyl (C=O) groups is 1. The molecule has 1 amide bonds. The summed E-state index contributed by atoms with van der Waals surface area (Å²) in [7, 11) is 2.97. The number of aryl methyl sites for hydroxylation is 2. The van der Waals surface area contributed by atoms with Gasteiger partial charge in [0.15, 0.2) is 11.5 Å². The summed E-state index contributed by atoms with van der Waals surface area (Å²) >= 11 is 6.10. The van der Waals surface area contributed by atoms with Crippen molar-refractivity contribution in [3.63, 3.8) is 0 Å². The van der Waals surface area contributed by atoms with E-state index >= 15 is 0 Å². The fraction of sp³-hybridized carbons (Fsp3) is 0.286. The molecular formula is C14H16ClN3O3. The minimum atomic E-state index is -0.301. The predicted molar refractivity (Wildman–Crippen MR) is 80.6 cm³/mol. The van der Waals surface area contributed by atoms with Crippen molar-refractivity contribution in [2.75, 3.05) is 19.5 Å². The first-order chi connectivity index (χ1) is 9.97. The van der Waals surface area contributed by atoms with E-state index in [9.17, 15) is 4.79 Å². The molecule has 0 bridgehead atoms. The highest BCUT2D eigenvalue weighted by Gasteiger charge is 2.17. The highest BCUT2D eigenvalue weighted by atomic mass is 35.5. The third-order valence-corrected chi connectivity index (χ3v) is 3.34. The molecule has 6 nitrogen and oxygen atoms in total. The summed E-state index contributed by atoms with van der Waals surface area (Å²) in [4.78, 5) is 12.3. The lowest BCUT2D eigenvalue weighted by Gasteiger charge is -2.12. The molecule has 1 aromatic carbocycles. The van der Waals surface area contributed by atoms with E-state index in [1.54, 1.807) is 13.0 Å². The largest absolute Gasteiger partial charge is 0.493 e. The molecule has 0 atom stereocenters. The van der Waals surface area contributed by atoms with Crippen molar-refractivity contribution in [2.45, 2.75) is 13.8 Å². The standard InChI is InChI=1S/C14H16ClN3O3/c1-7-12(8(2)18-17-7)16-14(19)9-5-10(15)13(21-4)11(6-9)20-3/h5-6H,1-4H3,(H,16,19)(H,17,18). The minimum absolute atomic E-state index is 0.301. The summed E-state index contributed by atoms with van der Waals surface area (Å²) in [6, 6.07) is 3.10. The number of benzene rings is 1. The number of carbonyl (C=O) groups excluding carboxylic acids is 1. The molecule has 0 saturated heterocycles. The van der Waals surface area contributed by atoms with Gasteiger partial charge in [0.1, 0.15) is 0 Å². The third-order valence-electron chi connectivity index (χ3n) is 3.06. The van der Waals surface area contributed by atoms with Crippen LogP contribution >= 0.6 is 11.6 Å². The summed E-state index contributed by atoms with van der Waals surface area (Å²) in [6.45, 7) is 3.64. The number of nitrogens with one attached hydrogen (secondary N) is 2. The van der Waals surface area contributed by atoms with Crippen LogP contribution in [0.5, 0.6) is 11.5 Å². The number of aromatic nitrogens is 2. The van der Waals surface area contributed by atoms with Crippen molar-refractivity contribution in [2.24, 2.45) is 0 Å². The van der Waals surface area contributed by atoms with Crippen LogP contribution in [0.2, 0.25) is 5.02 Å². The predicted octanol–water partition coefficient (Wildman–Crippen LogP) is 2.95. The number of ether oxygens (including phenoxy) is 2. The van der Waals surface area contributed by atoms with E-state index < -0.39 is 0 Å². The maximum absolute atomic E-state index is 12.3. The molecule has 1 heterocycles. The molecule has 21 heavy (non-hydrogen) atoms. The van der Waals surface area contributed by atoms with Crippen molar-refractivity contribution < 1.29 is 14.3 Å². The molecule has 0 aliphatic heterocycles. The van der Waals surface area contributed by atoms with Crippen LogP contribution in [0.25, 0.3) is 0 Å². The fourth-order valence-corrected chi connectivity index (χ4v) is 2.26. The summed E-state index contributed by atoms with van der Waals surface area (Å²) in [5.41, 5.74) is 2.53. The Kier molecular flexibility index (Phi) is 4.37. The van der Waals surface area contributed by atoms with Crippen LogP contribution in [0.3, 0.4) is 0 Å². The molecule has 0 saturated carbocycles. The Bertz CT molecular complexity index is 663. The molecule has 0 aliphatic rings. The normalized spacial score (nSPS) is 10.3. The Balaban J connectivity index is 2.34. The zero-order valence-corrected chi connectivity index (χ0v) is 13.0. The number of rotatable bonds is 4. The van der Waals surface area contributed by atoms with Gasteiger partial charge in [-0.1, -0.05) is 11.6 Å². The first kappa shape index (κ1) is 15.2. The quantitative estimate of drug-likeness (QED) is 0.910. The van der Waals surface area contributed by atoms with E-state index in [1.807, 2.05) is 6.92 Å². The molecule has 0 aliphatic carbocycles. The molecule has 112 valence electrons. The zero-order valence-electron chi connectivity index (χ0n) is 12.2. The van der Waals surface area contributed by atoms with Gasteiger partial charge in [0, 0.05) is 5.56 Å². The zero-order chi connectivity index (χ0) is 15.6. The number of nitrogens with zero attached hydrogens (tertiary/aromatic N) is 1. The van der Waals surface area contributed by atoms with Gasteiger partial charge in [0.2, 0.25) is 0 Å². The van der Waals surface area contributed by atoms with Gasteiger partial charge < -0.3 is 14.8 Å². The average Bonchev–Trinajstić information content (AvgIpc) is 2.78. The molecule has 1 aromatic heterocycles. The molecule has 7 heteroatoms. The summed E-state index contributed by atoms with van der Waals surface area (Å²) in [6.07, 6.45) is 0. The number of H-pyrrole nitrogens is 1. The second-order valence-electron chi connectivity index (χ2n) is 4.46. The Morgan fingerprint density at radius 1 is 1.29 bits per heavy atom. The summed E-state index contributed by atoms with van der Waals surface area (Å²) in [5, 5.41) is 9.95. The lowest BCUT2D eigenvalue weighted by atomic mass is 10.1. The van der Waals surface area contributed by atoms with Crippen LogP contribution in [0, 0.1) is 13.8 Å². The molecule has 0 radical (unpaired) electrons. The van der Waals surface area contributed by atoms with Crippen LogP contribution in [0.4, 0.5) is 5.69 Å². The number of anilines is 1.